The number of hydrogen-bond acceptors (Lipinski definition) is 5. The fraction of sp³-hybridized carbons (Fsp3) is 0.0714. The molecule has 6 heteroatoms. The molecule has 1 aromatic carbocycles. The summed E-state index contributed by atoms with van der Waals surface area (Å²) in [6.45, 7) is 0. The van der Waals surface area contributed by atoms with Crippen LogP contribution in [-0.2, 0) is 0 Å². The molecule has 0 saturated carbocycles. The smallest absolute Gasteiger partial charge is 0.259 e. The third kappa shape index (κ3) is 2.42. The second-order valence-electron chi connectivity index (χ2n) is 4.01. The van der Waals surface area contributed by atoms with Crippen molar-refractivity contribution in [3.63, 3.8) is 0 Å². The normalized spacial score (nSPS) is 10.5. The predicted molar refractivity (Wildman–Crippen MR) is 77.2 cm³/mol. The lowest BCUT2D eigenvalue weighted by molar-refractivity contribution is 0.412. The maximum absolute atomic E-state index is 5.25. The first kappa shape index (κ1) is 12.8. The van der Waals surface area contributed by atoms with Crippen LogP contribution in [0.4, 0.5) is 0 Å². The van der Waals surface area contributed by atoms with Crippen LogP contribution in [0, 0.1) is 0 Å². The first-order valence-electron chi connectivity index (χ1n) is 5.86. The summed E-state index contributed by atoms with van der Waals surface area (Å²) in [5.41, 5.74) is 1.63. The standard InChI is InChI=1S/C14H10BrN3O2/c1-19-12-5-4-9(7-11(12)15)13-17-14(20-18-13)10-3-2-6-16-8-10/h2-8H,1H3. The van der Waals surface area contributed by atoms with Gasteiger partial charge in [0.25, 0.3) is 5.89 Å². The van der Waals surface area contributed by atoms with Crippen molar-refractivity contribution < 1.29 is 9.26 Å². The summed E-state index contributed by atoms with van der Waals surface area (Å²) < 4.78 is 11.3. The van der Waals surface area contributed by atoms with Gasteiger partial charge in [-0.3, -0.25) is 4.98 Å². The minimum atomic E-state index is 0.444. The largest absolute Gasteiger partial charge is 0.496 e. The van der Waals surface area contributed by atoms with Gasteiger partial charge in [0.2, 0.25) is 5.82 Å². The minimum Gasteiger partial charge on any atom is -0.496 e. The van der Waals surface area contributed by atoms with Gasteiger partial charge in [-0.05, 0) is 46.3 Å². The van der Waals surface area contributed by atoms with Crippen molar-refractivity contribution in [1.29, 1.82) is 0 Å². The molecule has 0 amide bonds. The van der Waals surface area contributed by atoms with Crippen LogP contribution in [0.2, 0.25) is 0 Å². The maximum atomic E-state index is 5.25. The summed E-state index contributed by atoms with van der Waals surface area (Å²) in [5, 5.41) is 3.98. The third-order valence-corrected chi connectivity index (χ3v) is 3.36. The van der Waals surface area contributed by atoms with Crippen molar-refractivity contribution in [1.82, 2.24) is 15.1 Å². The zero-order valence-corrected chi connectivity index (χ0v) is 12.2. The lowest BCUT2D eigenvalue weighted by atomic mass is 10.2. The average Bonchev–Trinajstić information content (AvgIpc) is 2.98. The molecule has 0 unspecified atom stereocenters. The Bertz CT molecular complexity index is 728. The summed E-state index contributed by atoms with van der Waals surface area (Å²) in [4.78, 5) is 8.40. The van der Waals surface area contributed by atoms with E-state index in [1.165, 1.54) is 0 Å². The van der Waals surface area contributed by atoms with Crippen molar-refractivity contribution in [3.8, 4) is 28.6 Å². The van der Waals surface area contributed by atoms with Gasteiger partial charge < -0.3 is 9.26 Å². The molecule has 0 aliphatic carbocycles. The van der Waals surface area contributed by atoms with Gasteiger partial charge in [0.1, 0.15) is 5.75 Å². The molecule has 20 heavy (non-hydrogen) atoms. The Labute approximate surface area is 123 Å². The average molecular weight is 332 g/mol. The van der Waals surface area contributed by atoms with Crippen LogP contribution in [0.5, 0.6) is 5.75 Å². The number of pyridine rings is 1. The highest BCUT2D eigenvalue weighted by Crippen LogP contribution is 2.30. The molecule has 0 aliphatic heterocycles. The lowest BCUT2D eigenvalue weighted by Crippen LogP contribution is -1.86. The lowest BCUT2D eigenvalue weighted by Gasteiger charge is -2.03. The highest BCUT2D eigenvalue weighted by atomic mass is 79.9. The Morgan fingerprint density at radius 3 is 2.80 bits per heavy atom. The fourth-order valence-electron chi connectivity index (χ4n) is 1.75. The zero-order chi connectivity index (χ0) is 13.9. The molecule has 3 rings (SSSR count). The zero-order valence-electron chi connectivity index (χ0n) is 10.6. The summed E-state index contributed by atoms with van der Waals surface area (Å²) in [6.07, 6.45) is 3.38. The quantitative estimate of drug-likeness (QED) is 0.734. The van der Waals surface area contributed by atoms with Crippen LogP contribution in [-0.4, -0.2) is 22.2 Å². The highest BCUT2D eigenvalue weighted by Gasteiger charge is 2.12. The Balaban J connectivity index is 1.96. The van der Waals surface area contributed by atoms with E-state index >= 15 is 0 Å². The monoisotopic (exact) mass is 331 g/mol. The number of ether oxygens (including phenoxy) is 1. The van der Waals surface area contributed by atoms with Crippen LogP contribution in [0.15, 0.2) is 51.7 Å². The summed E-state index contributed by atoms with van der Waals surface area (Å²) in [7, 11) is 1.62. The third-order valence-electron chi connectivity index (χ3n) is 2.74. The summed E-state index contributed by atoms with van der Waals surface area (Å²) in [5.74, 6) is 1.72. The Kier molecular flexibility index (Phi) is 3.47. The molecule has 0 aliphatic rings. The van der Waals surface area contributed by atoms with E-state index in [1.807, 2.05) is 30.3 Å². The van der Waals surface area contributed by atoms with Crippen LogP contribution in [0.25, 0.3) is 22.8 Å². The van der Waals surface area contributed by atoms with Crippen molar-refractivity contribution in [3.05, 3.63) is 47.2 Å². The van der Waals surface area contributed by atoms with Gasteiger partial charge in [0, 0.05) is 18.0 Å². The molecule has 0 radical (unpaired) electrons. The fourth-order valence-corrected chi connectivity index (χ4v) is 2.29. The second-order valence-corrected chi connectivity index (χ2v) is 4.87. The Morgan fingerprint density at radius 1 is 1.20 bits per heavy atom. The van der Waals surface area contributed by atoms with E-state index in [1.54, 1.807) is 19.5 Å². The molecule has 2 heterocycles. The molecule has 100 valence electrons. The molecular weight excluding hydrogens is 322 g/mol. The number of rotatable bonds is 3. The molecule has 0 atom stereocenters. The number of hydrogen-bond donors (Lipinski definition) is 0. The summed E-state index contributed by atoms with van der Waals surface area (Å²) >= 11 is 3.44. The molecule has 3 aromatic rings. The van der Waals surface area contributed by atoms with Gasteiger partial charge in [-0.1, -0.05) is 5.16 Å². The van der Waals surface area contributed by atoms with Crippen LogP contribution in [0.1, 0.15) is 0 Å². The molecule has 0 saturated heterocycles. The van der Waals surface area contributed by atoms with Crippen LogP contribution in [0.3, 0.4) is 0 Å². The second kappa shape index (κ2) is 5.42. The number of nitrogens with zero attached hydrogens (tertiary/aromatic N) is 3. The Morgan fingerprint density at radius 2 is 2.10 bits per heavy atom. The number of benzene rings is 1. The van der Waals surface area contributed by atoms with Gasteiger partial charge in [-0.15, -0.1) is 0 Å². The first-order chi connectivity index (χ1) is 9.78. The van der Waals surface area contributed by atoms with Gasteiger partial charge in [0.05, 0.1) is 17.1 Å². The molecule has 0 bridgehead atoms. The van der Waals surface area contributed by atoms with Crippen molar-refractivity contribution in [2.75, 3.05) is 7.11 Å². The molecule has 0 fully saturated rings. The molecular formula is C14H10BrN3O2. The minimum absolute atomic E-state index is 0.444. The van der Waals surface area contributed by atoms with Gasteiger partial charge in [-0.2, -0.15) is 4.98 Å². The highest BCUT2D eigenvalue weighted by molar-refractivity contribution is 9.10. The number of halogens is 1. The molecule has 0 N–H and O–H groups in total. The first-order valence-corrected chi connectivity index (χ1v) is 6.65. The van der Waals surface area contributed by atoms with E-state index in [9.17, 15) is 0 Å². The molecule has 5 nitrogen and oxygen atoms in total. The van der Waals surface area contributed by atoms with E-state index in [0.29, 0.717) is 11.7 Å². The Hall–Kier alpha value is -2.21. The van der Waals surface area contributed by atoms with E-state index in [4.69, 9.17) is 9.26 Å². The SMILES string of the molecule is COc1ccc(-c2noc(-c3cccnc3)n2)cc1Br. The predicted octanol–water partition coefficient (Wildman–Crippen LogP) is 3.57. The van der Waals surface area contributed by atoms with Crippen molar-refractivity contribution in [2.45, 2.75) is 0 Å². The van der Waals surface area contributed by atoms with Gasteiger partial charge in [-0.25, -0.2) is 0 Å². The van der Waals surface area contributed by atoms with Crippen LogP contribution < -0.4 is 4.74 Å². The maximum Gasteiger partial charge on any atom is 0.259 e. The molecule has 2 aromatic heterocycles. The van der Waals surface area contributed by atoms with E-state index in [2.05, 4.69) is 31.1 Å². The number of methoxy groups -OCH3 is 1. The van der Waals surface area contributed by atoms with Crippen LogP contribution >= 0.6 is 15.9 Å². The number of aromatic nitrogens is 3. The van der Waals surface area contributed by atoms with Crippen molar-refractivity contribution in [2.24, 2.45) is 0 Å². The van der Waals surface area contributed by atoms with Crippen molar-refractivity contribution >= 4 is 15.9 Å². The summed E-state index contributed by atoms with van der Waals surface area (Å²) in [6, 6.07) is 9.30. The van der Waals surface area contributed by atoms with E-state index < -0.39 is 0 Å². The van der Waals surface area contributed by atoms with Gasteiger partial charge in [0.15, 0.2) is 0 Å². The van der Waals surface area contributed by atoms with E-state index in [0.717, 1.165) is 21.3 Å². The van der Waals surface area contributed by atoms with E-state index in [-0.39, 0.29) is 0 Å². The topological polar surface area (TPSA) is 61.0 Å². The van der Waals surface area contributed by atoms with Gasteiger partial charge >= 0.3 is 0 Å². The molecule has 0 spiro atoms.